The van der Waals surface area contributed by atoms with Crippen molar-refractivity contribution in [3.05, 3.63) is 48.3 Å². The summed E-state index contributed by atoms with van der Waals surface area (Å²) in [6.45, 7) is 3.14. The molecule has 1 aromatic heterocycles. The highest BCUT2D eigenvalue weighted by Crippen LogP contribution is 2.29. The molecule has 0 saturated carbocycles. The number of amides is 2. The van der Waals surface area contributed by atoms with Gasteiger partial charge in [0.15, 0.2) is 0 Å². The maximum absolute atomic E-state index is 12.5. The highest BCUT2D eigenvalue weighted by molar-refractivity contribution is 5.91. The van der Waals surface area contributed by atoms with Crippen molar-refractivity contribution in [2.45, 2.75) is 13.3 Å². The van der Waals surface area contributed by atoms with Crippen LogP contribution < -0.4 is 14.8 Å². The van der Waals surface area contributed by atoms with Crippen molar-refractivity contribution in [3.8, 4) is 11.5 Å². The summed E-state index contributed by atoms with van der Waals surface area (Å²) < 4.78 is 10.5. The van der Waals surface area contributed by atoms with Crippen molar-refractivity contribution in [2.75, 3.05) is 32.6 Å². The first-order valence-corrected chi connectivity index (χ1v) is 7.85. The van der Waals surface area contributed by atoms with Crippen molar-refractivity contribution < 1.29 is 14.3 Å². The van der Waals surface area contributed by atoms with Crippen LogP contribution in [0, 0.1) is 0 Å². The number of methoxy groups -OCH3 is 2. The fourth-order valence-corrected chi connectivity index (χ4v) is 2.30. The molecule has 2 rings (SSSR count). The van der Waals surface area contributed by atoms with E-state index in [2.05, 4.69) is 10.3 Å². The van der Waals surface area contributed by atoms with E-state index in [0.717, 1.165) is 5.69 Å². The first kappa shape index (κ1) is 17.6. The summed E-state index contributed by atoms with van der Waals surface area (Å²) in [4.78, 5) is 18.5. The number of likely N-dealkylation sites (N-methyl/N-ethyl adjacent to an activating group) is 1. The molecule has 1 heterocycles. The van der Waals surface area contributed by atoms with Crippen molar-refractivity contribution in [3.63, 3.8) is 0 Å². The first-order valence-electron chi connectivity index (χ1n) is 7.85. The Bertz CT molecular complexity index is 662. The van der Waals surface area contributed by atoms with Gasteiger partial charge in [0.1, 0.15) is 11.5 Å². The van der Waals surface area contributed by atoms with E-state index < -0.39 is 0 Å². The fourth-order valence-electron chi connectivity index (χ4n) is 2.30. The molecule has 0 aliphatic rings. The van der Waals surface area contributed by atoms with E-state index in [9.17, 15) is 4.79 Å². The second-order valence-corrected chi connectivity index (χ2v) is 5.15. The normalized spacial score (nSPS) is 10.1. The van der Waals surface area contributed by atoms with Gasteiger partial charge in [-0.2, -0.15) is 0 Å². The molecule has 0 unspecified atom stereocenters. The number of benzene rings is 1. The van der Waals surface area contributed by atoms with E-state index in [-0.39, 0.29) is 6.03 Å². The summed E-state index contributed by atoms with van der Waals surface area (Å²) in [6, 6.07) is 10.9. The Labute approximate surface area is 142 Å². The monoisotopic (exact) mass is 329 g/mol. The van der Waals surface area contributed by atoms with Gasteiger partial charge in [0, 0.05) is 37.5 Å². The summed E-state index contributed by atoms with van der Waals surface area (Å²) >= 11 is 0. The summed E-state index contributed by atoms with van der Waals surface area (Å²) in [5.41, 5.74) is 1.54. The smallest absolute Gasteiger partial charge is 0.321 e. The van der Waals surface area contributed by atoms with Crippen LogP contribution in [0.25, 0.3) is 0 Å². The molecular formula is C18H23N3O3. The average molecular weight is 329 g/mol. The lowest BCUT2D eigenvalue weighted by molar-refractivity contribution is 0.215. The maximum atomic E-state index is 12.5. The van der Waals surface area contributed by atoms with E-state index in [1.54, 1.807) is 43.5 Å². The molecule has 0 saturated heterocycles. The van der Waals surface area contributed by atoms with Crippen molar-refractivity contribution >= 4 is 11.7 Å². The number of aromatic nitrogens is 1. The Morgan fingerprint density at radius 3 is 2.67 bits per heavy atom. The molecule has 1 aromatic carbocycles. The highest BCUT2D eigenvalue weighted by atomic mass is 16.5. The zero-order valence-electron chi connectivity index (χ0n) is 14.3. The van der Waals surface area contributed by atoms with Crippen molar-refractivity contribution in [2.24, 2.45) is 0 Å². The molecule has 0 fully saturated rings. The van der Waals surface area contributed by atoms with Crippen LogP contribution in [0.4, 0.5) is 10.5 Å². The molecule has 0 aliphatic carbocycles. The number of nitrogens with zero attached hydrogens (tertiary/aromatic N) is 2. The van der Waals surface area contributed by atoms with Crippen molar-refractivity contribution in [1.29, 1.82) is 0 Å². The van der Waals surface area contributed by atoms with Gasteiger partial charge in [-0.1, -0.05) is 6.07 Å². The molecule has 2 amide bonds. The lowest BCUT2D eigenvalue weighted by atomic mass is 10.2. The molecule has 2 aromatic rings. The minimum absolute atomic E-state index is 0.181. The fraction of sp³-hybridized carbons (Fsp3) is 0.333. The van der Waals surface area contributed by atoms with Gasteiger partial charge in [0.25, 0.3) is 0 Å². The summed E-state index contributed by atoms with van der Waals surface area (Å²) in [5, 5.41) is 2.89. The van der Waals surface area contributed by atoms with Crippen LogP contribution in [0.5, 0.6) is 11.5 Å². The topological polar surface area (TPSA) is 63.7 Å². The van der Waals surface area contributed by atoms with E-state index >= 15 is 0 Å². The molecule has 6 nitrogen and oxygen atoms in total. The highest BCUT2D eigenvalue weighted by Gasteiger charge is 2.15. The average Bonchev–Trinajstić information content (AvgIpc) is 2.63. The molecule has 1 N–H and O–H groups in total. The molecule has 0 aliphatic heterocycles. The number of urea groups is 1. The largest absolute Gasteiger partial charge is 0.497 e. The third-order valence-corrected chi connectivity index (χ3v) is 3.68. The van der Waals surface area contributed by atoms with Crippen LogP contribution in [-0.4, -0.2) is 43.2 Å². The van der Waals surface area contributed by atoms with E-state index in [1.165, 1.54) is 0 Å². The van der Waals surface area contributed by atoms with Gasteiger partial charge in [0.2, 0.25) is 0 Å². The summed E-state index contributed by atoms with van der Waals surface area (Å²) in [5.74, 6) is 1.24. The van der Waals surface area contributed by atoms with Gasteiger partial charge in [0.05, 0.1) is 19.9 Å². The van der Waals surface area contributed by atoms with Gasteiger partial charge in [-0.25, -0.2) is 4.79 Å². The van der Waals surface area contributed by atoms with Gasteiger partial charge >= 0.3 is 6.03 Å². The number of rotatable bonds is 7. The number of pyridine rings is 1. The number of ether oxygens (including phenoxy) is 2. The quantitative estimate of drug-likeness (QED) is 0.847. The van der Waals surface area contributed by atoms with Crippen LogP contribution in [0.15, 0.2) is 42.6 Å². The molecule has 0 bridgehead atoms. The van der Waals surface area contributed by atoms with Crippen LogP contribution in [0.2, 0.25) is 0 Å². The number of anilines is 1. The predicted molar refractivity (Wildman–Crippen MR) is 93.8 cm³/mol. The van der Waals surface area contributed by atoms with E-state index in [4.69, 9.17) is 9.47 Å². The van der Waals surface area contributed by atoms with E-state index in [0.29, 0.717) is 36.7 Å². The van der Waals surface area contributed by atoms with Gasteiger partial charge in [-0.15, -0.1) is 0 Å². The number of nitrogens with one attached hydrogen (secondary N) is 1. The minimum atomic E-state index is -0.181. The second kappa shape index (κ2) is 8.76. The molecule has 0 atom stereocenters. The van der Waals surface area contributed by atoms with Gasteiger partial charge < -0.3 is 19.7 Å². The molecule has 0 radical (unpaired) electrons. The Morgan fingerprint density at radius 2 is 2.04 bits per heavy atom. The zero-order valence-corrected chi connectivity index (χ0v) is 14.3. The van der Waals surface area contributed by atoms with E-state index in [1.807, 2.05) is 25.1 Å². The predicted octanol–water partition coefficient (Wildman–Crippen LogP) is 3.20. The number of hydrogen-bond donors (Lipinski definition) is 1. The standard InChI is InChI=1S/C18H23N3O3/c1-4-21(12-10-14-7-5-6-11-19-14)18(22)20-16-13-15(23-2)8-9-17(16)24-3/h5-9,11,13H,4,10,12H2,1-3H3,(H,20,22). The van der Waals surface area contributed by atoms with Crippen LogP contribution in [0.1, 0.15) is 12.6 Å². The van der Waals surface area contributed by atoms with Crippen LogP contribution in [-0.2, 0) is 6.42 Å². The molecule has 128 valence electrons. The molecule has 24 heavy (non-hydrogen) atoms. The van der Waals surface area contributed by atoms with Gasteiger partial charge in [-0.05, 0) is 31.2 Å². The lowest BCUT2D eigenvalue weighted by Gasteiger charge is -2.22. The molecule has 0 spiro atoms. The Kier molecular flexibility index (Phi) is 6.42. The Hall–Kier alpha value is -2.76. The minimum Gasteiger partial charge on any atom is -0.497 e. The molecule has 6 heteroatoms. The molecular weight excluding hydrogens is 306 g/mol. The van der Waals surface area contributed by atoms with Crippen LogP contribution >= 0.6 is 0 Å². The zero-order chi connectivity index (χ0) is 17.4. The Balaban J connectivity index is 2.03. The van der Waals surface area contributed by atoms with Crippen LogP contribution in [0.3, 0.4) is 0 Å². The third kappa shape index (κ3) is 4.62. The first-order chi connectivity index (χ1) is 11.7. The Morgan fingerprint density at radius 1 is 1.21 bits per heavy atom. The maximum Gasteiger partial charge on any atom is 0.321 e. The SMILES string of the molecule is CCN(CCc1ccccn1)C(=O)Nc1cc(OC)ccc1OC. The van der Waals surface area contributed by atoms with Gasteiger partial charge in [-0.3, -0.25) is 4.98 Å². The number of carbonyl (C=O) groups excluding carboxylic acids is 1. The summed E-state index contributed by atoms with van der Waals surface area (Å²) in [7, 11) is 3.15. The second-order valence-electron chi connectivity index (χ2n) is 5.15. The lowest BCUT2D eigenvalue weighted by Crippen LogP contribution is -2.36. The number of carbonyl (C=O) groups is 1. The number of hydrogen-bond acceptors (Lipinski definition) is 4. The van der Waals surface area contributed by atoms with Crippen molar-refractivity contribution in [1.82, 2.24) is 9.88 Å². The third-order valence-electron chi connectivity index (χ3n) is 3.68. The summed E-state index contributed by atoms with van der Waals surface area (Å²) in [6.07, 6.45) is 2.46.